The van der Waals surface area contributed by atoms with E-state index in [1.165, 1.54) is 25.7 Å². The van der Waals surface area contributed by atoms with Gasteiger partial charge >= 0.3 is 11.9 Å². The molecular weight excluding hydrogens is 288 g/mol. The third-order valence-corrected chi connectivity index (χ3v) is 3.51. The number of carbonyl (C=O) groups excluding carboxylic acids is 2. The Balaban J connectivity index is 3.53. The second-order valence-corrected chi connectivity index (χ2v) is 5.86. The van der Waals surface area contributed by atoms with Gasteiger partial charge in [0, 0.05) is 12.8 Å². The smallest absolute Gasteiger partial charge is 0.313 e. The highest BCUT2D eigenvalue weighted by molar-refractivity contribution is 5.85. The summed E-state index contributed by atoms with van der Waals surface area (Å²) in [6.45, 7) is 4.34. The van der Waals surface area contributed by atoms with Gasteiger partial charge in [0.2, 0.25) is 0 Å². The van der Waals surface area contributed by atoms with Crippen molar-refractivity contribution in [1.82, 2.24) is 0 Å². The van der Waals surface area contributed by atoms with Crippen LogP contribution in [0.25, 0.3) is 0 Å². The zero-order chi connectivity index (χ0) is 17.2. The monoisotopic (exact) mass is 322 g/mol. The molecule has 0 aliphatic carbocycles. The normalized spacial score (nSPS) is 11.4. The molecule has 0 saturated heterocycles. The van der Waals surface area contributed by atoms with Crippen molar-refractivity contribution in [2.24, 2.45) is 0 Å². The van der Waals surface area contributed by atoms with Crippen molar-refractivity contribution in [3.05, 3.63) is 24.3 Å². The van der Waals surface area contributed by atoms with Gasteiger partial charge < -0.3 is 4.74 Å². The molecule has 0 radical (unpaired) electrons. The van der Waals surface area contributed by atoms with E-state index >= 15 is 0 Å². The molecule has 0 spiro atoms. The quantitative estimate of drug-likeness (QED) is 0.173. The van der Waals surface area contributed by atoms with Crippen LogP contribution in [-0.4, -0.2) is 11.9 Å². The molecule has 0 unspecified atom stereocenters. The molecular formula is C20H34O3. The Morgan fingerprint density at radius 2 is 1.00 bits per heavy atom. The summed E-state index contributed by atoms with van der Waals surface area (Å²) < 4.78 is 4.81. The van der Waals surface area contributed by atoms with Crippen molar-refractivity contribution in [3.8, 4) is 0 Å². The van der Waals surface area contributed by atoms with Gasteiger partial charge in [-0.2, -0.15) is 0 Å². The molecule has 0 aliphatic rings. The predicted molar refractivity (Wildman–Crippen MR) is 96.1 cm³/mol. The Morgan fingerprint density at radius 3 is 1.35 bits per heavy atom. The fourth-order valence-electron chi connectivity index (χ4n) is 2.07. The molecule has 132 valence electrons. The average molecular weight is 322 g/mol. The van der Waals surface area contributed by atoms with Crippen molar-refractivity contribution >= 4 is 11.9 Å². The Labute approximate surface area is 142 Å². The highest BCUT2D eigenvalue weighted by atomic mass is 16.6. The summed E-state index contributed by atoms with van der Waals surface area (Å²) in [5.74, 6) is -0.786. The van der Waals surface area contributed by atoms with Crippen molar-refractivity contribution in [3.63, 3.8) is 0 Å². The van der Waals surface area contributed by atoms with Crippen LogP contribution < -0.4 is 0 Å². The van der Waals surface area contributed by atoms with Crippen LogP contribution in [0.15, 0.2) is 24.3 Å². The summed E-state index contributed by atoms with van der Waals surface area (Å²) in [7, 11) is 0. The first-order valence-corrected chi connectivity index (χ1v) is 9.24. The maximum absolute atomic E-state index is 11.5. The number of unbranched alkanes of at least 4 members (excludes halogenated alkanes) is 6. The van der Waals surface area contributed by atoms with Crippen LogP contribution in [0.3, 0.4) is 0 Å². The zero-order valence-electron chi connectivity index (χ0n) is 15.0. The minimum atomic E-state index is -0.393. The molecule has 0 aromatic carbocycles. The number of rotatable bonds is 14. The minimum Gasteiger partial charge on any atom is -0.393 e. The minimum absolute atomic E-state index is 0.320. The molecule has 0 amide bonds. The molecule has 0 saturated carbocycles. The summed E-state index contributed by atoms with van der Waals surface area (Å²) in [6.07, 6.45) is 19.4. The van der Waals surface area contributed by atoms with Crippen LogP contribution in [0, 0.1) is 0 Å². The van der Waals surface area contributed by atoms with Gasteiger partial charge in [-0.3, -0.25) is 9.59 Å². The lowest BCUT2D eigenvalue weighted by Gasteiger charge is -2.01. The summed E-state index contributed by atoms with van der Waals surface area (Å²) in [6, 6.07) is 0. The van der Waals surface area contributed by atoms with E-state index in [-0.39, 0.29) is 0 Å². The lowest BCUT2D eigenvalue weighted by atomic mass is 10.2. The zero-order valence-corrected chi connectivity index (χ0v) is 15.0. The third kappa shape index (κ3) is 16.8. The van der Waals surface area contributed by atoms with Gasteiger partial charge in [0.1, 0.15) is 0 Å². The van der Waals surface area contributed by atoms with Gasteiger partial charge in [-0.05, 0) is 38.5 Å². The van der Waals surface area contributed by atoms with Crippen LogP contribution in [0.1, 0.15) is 90.9 Å². The molecule has 0 N–H and O–H groups in total. The molecule has 0 atom stereocenters. The van der Waals surface area contributed by atoms with Crippen molar-refractivity contribution in [1.29, 1.82) is 0 Å². The van der Waals surface area contributed by atoms with E-state index in [0.717, 1.165) is 38.5 Å². The topological polar surface area (TPSA) is 43.4 Å². The predicted octanol–water partition coefficient (Wildman–Crippen LogP) is 5.89. The van der Waals surface area contributed by atoms with Gasteiger partial charge in [-0.25, -0.2) is 0 Å². The highest BCUT2D eigenvalue weighted by Crippen LogP contribution is 2.05. The number of hydrogen-bond donors (Lipinski definition) is 0. The van der Waals surface area contributed by atoms with Gasteiger partial charge in [0.15, 0.2) is 0 Å². The Morgan fingerprint density at radius 1 is 0.652 bits per heavy atom. The molecule has 0 heterocycles. The van der Waals surface area contributed by atoms with E-state index in [1.807, 2.05) is 0 Å². The fraction of sp³-hybridized carbons (Fsp3) is 0.700. The van der Waals surface area contributed by atoms with E-state index in [4.69, 9.17) is 4.74 Å². The summed E-state index contributed by atoms with van der Waals surface area (Å²) in [5.41, 5.74) is 0. The number of esters is 2. The van der Waals surface area contributed by atoms with E-state index < -0.39 is 11.9 Å². The number of allylic oxidation sites excluding steroid dienone is 4. The molecule has 3 heteroatoms. The maximum Gasteiger partial charge on any atom is 0.313 e. The third-order valence-electron chi connectivity index (χ3n) is 3.51. The van der Waals surface area contributed by atoms with Gasteiger partial charge in [0.05, 0.1) is 0 Å². The van der Waals surface area contributed by atoms with Crippen LogP contribution in [0.2, 0.25) is 0 Å². The summed E-state index contributed by atoms with van der Waals surface area (Å²) in [4.78, 5) is 23.0. The SMILES string of the molecule is CCCC/C=C/CCCC(=O)OC(=O)CCC/C=C/CCCC. The molecule has 23 heavy (non-hydrogen) atoms. The van der Waals surface area contributed by atoms with Crippen LogP contribution in [0.4, 0.5) is 0 Å². The molecule has 0 bridgehead atoms. The standard InChI is InChI=1S/C20H34O3/c1-3-5-7-9-11-13-15-17-19(21)23-20(22)18-16-14-12-10-8-6-4-2/h9-12H,3-8,13-18H2,1-2H3/b11-9+,12-10+. The fourth-order valence-corrected chi connectivity index (χ4v) is 2.07. The lowest BCUT2D eigenvalue weighted by molar-refractivity contribution is -0.159. The Bertz CT molecular complexity index is 322. The van der Waals surface area contributed by atoms with Crippen LogP contribution >= 0.6 is 0 Å². The summed E-state index contributed by atoms with van der Waals surface area (Å²) in [5, 5.41) is 0. The molecule has 0 aliphatic heterocycles. The van der Waals surface area contributed by atoms with E-state index in [9.17, 15) is 9.59 Å². The van der Waals surface area contributed by atoms with E-state index in [0.29, 0.717) is 12.8 Å². The Hall–Kier alpha value is -1.38. The van der Waals surface area contributed by atoms with Crippen LogP contribution in [0.5, 0.6) is 0 Å². The first kappa shape index (κ1) is 21.6. The van der Waals surface area contributed by atoms with Crippen LogP contribution in [-0.2, 0) is 14.3 Å². The molecule has 0 aromatic heterocycles. The van der Waals surface area contributed by atoms with Gasteiger partial charge in [-0.1, -0.05) is 63.8 Å². The van der Waals surface area contributed by atoms with Gasteiger partial charge in [-0.15, -0.1) is 0 Å². The maximum atomic E-state index is 11.5. The molecule has 0 aromatic rings. The van der Waals surface area contributed by atoms with Crippen molar-refractivity contribution in [2.45, 2.75) is 90.9 Å². The molecule has 0 rings (SSSR count). The van der Waals surface area contributed by atoms with E-state index in [2.05, 4.69) is 38.2 Å². The lowest BCUT2D eigenvalue weighted by Crippen LogP contribution is -2.11. The second kappa shape index (κ2) is 17.0. The number of hydrogen-bond acceptors (Lipinski definition) is 3. The average Bonchev–Trinajstić information content (AvgIpc) is 2.53. The van der Waals surface area contributed by atoms with E-state index in [1.54, 1.807) is 0 Å². The highest BCUT2D eigenvalue weighted by Gasteiger charge is 2.09. The molecule has 3 nitrogen and oxygen atoms in total. The van der Waals surface area contributed by atoms with Crippen molar-refractivity contribution < 1.29 is 14.3 Å². The number of carbonyl (C=O) groups is 2. The molecule has 0 fully saturated rings. The Kier molecular flexibility index (Phi) is 16.0. The summed E-state index contributed by atoms with van der Waals surface area (Å²) >= 11 is 0. The van der Waals surface area contributed by atoms with Gasteiger partial charge in [0.25, 0.3) is 0 Å². The largest absolute Gasteiger partial charge is 0.393 e. The van der Waals surface area contributed by atoms with Crippen molar-refractivity contribution in [2.75, 3.05) is 0 Å². The first-order chi connectivity index (χ1) is 11.2. The second-order valence-electron chi connectivity index (χ2n) is 5.86. The first-order valence-electron chi connectivity index (χ1n) is 9.24. The number of ether oxygens (including phenoxy) is 1.